The first kappa shape index (κ1) is 13.0. The van der Waals surface area contributed by atoms with Crippen molar-refractivity contribution in [3.63, 3.8) is 0 Å². The molecule has 1 fully saturated rings. The standard InChI is InChI=1S/C17H26N2/c1-2-14-7-10-17(13-18,11-8-14)19-12-9-15-5-3-4-6-16(15)19/h3-6,14H,2,7-13,18H2,1H3. The molecule has 2 heteroatoms. The molecule has 1 aromatic rings. The van der Waals surface area contributed by atoms with E-state index in [4.69, 9.17) is 5.73 Å². The molecular formula is C17H26N2. The molecule has 2 N–H and O–H groups in total. The summed E-state index contributed by atoms with van der Waals surface area (Å²) in [7, 11) is 0. The van der Waals surface area contributed by atoms with Gasteiger partial charge >= 0.3 is 0 Å². The zero-order valence-corrected chi connectivity index (χ0v) is 12.1. The highest BCUT2D eigenvalue weighted by molar-refractivity contribution is 5.60. The van der Waals surface area contributed by atoms with Crippen molar-refractivity contribution in [2.45, 2.75) is 51.0 Å². The number of anilines is 1. The fourth-order valence-corrected chi connectivity index (χ4v) is 4.04. The average Bonchev–Trinajstić information content (AvgIpc) is 2.92. The number of nitrogens with zero attached hydrogens (tertiary/aromatic N) is 1. The molecule has 1 saturated carbocycles. The first-order chi connectivity index (χ1) is 9.29. The Morgan fingerprint density at radius 1 is 1.26 bits per heavy atom. The molecule has 0 saturated heterocycles. The Hall–Kier alpha value is -1.02. The summed E-state index contributed by atoms with van der Waals surface area (Å²) in [5, 5.41) is 0. The quantitative estimate of drug-likeness (QED) is 0.901. The minimum absolute atomic E-state index is 0.234. The molecule has 3 rings (SSSR count). The fourth-order valence-electron chi connectivity index (χ4n) is 4.04. The molecule has 104 valence electrons. The van der Waals surface area contributed by atoms with Crippen LogP contribution in [0.25, 0.3) is 0 Å². The molecule has 2 nitrogen and oxygen atoms in total. The second-order valence-corrected chi connectivity index (χ2v) is 6.31. The zero-order valence-electron chi connectivity index (χ0n) is 12.1. The summed E-state index contributed by atoms with van der Waals surface area (Å²) in [6.07, 6.45) is 7.78. The van der Waals surface area contributed by atoms with Gasteiger partial charge in [0.15, 0.2) is 0 Å². The van der Waals surface area contributed by atoms with Crippen molar-refractivity contribution in [3.05, 3.63) is 29.8 Å². The topological polar surface area (TPSA) is 29.3 Å². The van der Waals surface area contributed by atoms with Gasteiger partial charge in [0.25, 0.3) is 0 Å². The summed E-state index contributed by atoms with van der Waals surface area (Å²) in [5.41, 5.74) is 9.41. The van der Waals surface area contributed by atoms with Crippen LogP contribution in [0.1, 0.15) is 44.6 Å². The third-order valence-electron chi connectivity index (χ3n) is 5.45. The third-order valence-corrected chi connectivity index (χ3v) is 5.45. The van der Waals surface area contributed by atoms with Gasteiger partial charge in [-0.05, 0) is 49.7 Å². The van der Waals surface area contributed by atoms with Crippen LogP contribution in [0.4, 0.5) is 5.69 Å². The molecule has 0 aromatic heterocycles. The number of nitrogens with two attached hydrogens (primary N) is 1. The summed E-state index contributed by atoms with van der Waals surface area (Å²) in [6.45, 7) is 4.29. The summed E-state index contributed by atoms with van der Waals surface area (Å²) in [4.78, 5) is 2.63. The van der Waals surface area contributed by atoms with Crippen LogP contribution in [0, 0.1) is 5.92 Å². The Balaban J connectivity index is 1.84. The van der Waals surface area contributed by atoms with Crippen LogP contribution in [-0.2, 0) is 6.42 Å². The molecule has 0 amide bonds. The van der Waals surface area contributed by atoms with Crippen LogP contribution in [0.15, 0.2) is 24.3 Å². The van der Waals surface area contributed by atoms with E-state index >= 15 is 0 Å². The number of hydrogen-bond donors (Lipinski definition) is 1. The summed E-state index contributed by atoms with van der Waals surface area (Å²) in [6, 6.07) is 8.88. The van der Waals surface area contributed by atoms with Gasteiger partial charge in [-0.25, -0.2) is 0 Å². The maximum atomic E-state index is 6.22. The van der Waals surface area contributed by atoms with Crippen LogP contribution in [0.2, 0.25) is 0 Å². The lowest BCUT2D eigenvalue weighted by Gasteiger charge is -2.47. The predicted octanol–water partition coefficient (Wildman–Crippen LogP) is 3.35. The van der Waals surface area contributed by atoms with Crippen molar-refractivity contribution in [2.75, 3.05) is 18.0 Å². The molecule has 1 aliphatic carbocycles. The molecule has 1 aromatic carbocycles. The first-order valence-electron chi connectivity index (χ1n) is 7.85. The van der Waals surface area contributed by atoms with Crippen LogP contribution < -0.4 is 10.6 Å². The molecule has 0 radical (unpaired) electrons. The van der Waals surface area contributed by atoms with E-state index < -0.39 is 0 Å². The second-order valence-electron chi connectivity index (χ2n) is 6.31. The van der Waals surface area contributed by atoms with E-state index in [1.165, 1.54) is 49.8 Å². The highest BCUT2D eigenvalue weighted by Gasteiger charge is 2.41. The second kappa shape index (κ2) is 5.16. The first-order valence-corrected chi connectivity index (χ1v) is 7.85. The number of para-hydroxylation sites is 1. The van der Waals surface area contributed by atoms with Gasteiger partial charge in [0.1, 0.15) is 0 Å². The Bertz CT molecular complexity index is 433. The smallest absolute Gasteiger partial charge is 0.0524 e. The molecule has 0 bridgehead atoms. The summed E-state index contributed by atoms with van der Waals surface area (Å²) >= 11 is 0. The van der Waals surface area contributed by atoms with E-state index in [9.17, 15) is 0 Å². The highest BCUT2D eigenvalue weighted by atomic mass is 15.2. The number of rotatable bonds is 3. The highest BCUT2D eigenvalue weighted by Crippen LogP contribution is 2.42. The van der Waals surface area contributed by atoms with Crippen LogP contribution >= 0.6 is 0 Å². The maximum absolute atomic E-state index is 6.22. The molecule has 1 aliphatic heterocycles. The Morgan fingerprint density at radius 2 is 2.00 bits per heavy atom. The minimum atomic E-state index is 0.234. The van der Waals surface area contributed by atoms with Crippen LogP contribution in [0.3, 0.4) is 0 Å². The van der Waals surface area contributed by atoms with Gasteiger partial charge < -0.3 is 10.6 Å². The minimum Gasteiger partial charge on any atom is -0.364 e. The van der Waals surface area contributed by atoms with Crippen molar-refractivity contribution in [3.8, 4) is 0 Å². The van der Waals surface area contributed by atoms with Gasteiger partial charge in [0.2, 0.25) is 0 Å². The van der Waals surface area contributed by atoms with Crippen molar-refractivity contribution < 1.29 is 0 Å². The summed E-state index contributed by atoms with van der Waals surface area (Å²) in [5.74, 6) is 0.928. The SMILES string of the molecule is CCC1CCC(CN)(N2CCc3ccccc32)CC1. The van der Waals surface area contributed by atoms with E-state index in [1.54, 1.807) is 0 Å². The van der Waals surface area contributed by atoms with Crippen LogP contribution in [-0.4, -0.2) is 18.6 Å². The molecule has 0 unspecified atom stereocenters. The van der Waals surface area contributed by atoms with Crippen molar-refractivity contribution >= 4 is 5.69 Å². The third kappa shape index (κ3) is 2.16. The maximum Gasteiger partial charge on any atom is 0.0524 e. The number of fused-ring (bicyclic) bond motifs is 1. The van der Waals surface area contributed by atoms with E-state index in [2.05, 4.69) is 36.1 Å². The molecule has 0 atom stereocenters. The molecule has 1 heterocycles. The van der Waals surface area contributed by atoms with Gasteiger partial charge in [-0.1, -0.05) is 31.5 Å². The van der Waals surface area contributed by atoms with E-state index in [0.29, 0.717) is 0 Å². The lowest BCUT2D eigenvalue weighted by Crippen LogP contribution is -2.55. The Kier molecular flexibility index (Phi) is 3.53. The normalized spacial score (nSPS) is 30.4. The van der Waals surface area contributed by atoms with Crippen molar-refractivity contribution in [2.24, 2.45) is 11.7 Å². The predicted molar refractivity (Wildman–Crippen MR) is 81.5 cm³/mol. The Morgan fingerprint density at radius 3 is 2.68 bits per heavy atom. The van der Waals surface area contributed by atoms with Gasteiger partial charge in [0, 0.05) is 18.8 Å². The van der Waals surface area contributed by atoms with Gasteiger partial charge in [0.05, 0.1) is 5.54 Å². The zero-order chi connectivity index (χ0) is 13.3. The summed E-state index contributed by atoms with van der Waals surface area (Å²) < 4.78 is 0. The Labute approximate surface area is 117 Å². The molecule has 2 aliphatic rings. The lowest BCUT2D eigenvalue weighted by molar-refractivity contribution is 0.224. The molecular weight excluding hydrogens is 232 g/mol. The fraction of sp³-hybridized carbons (Fsp3) is 0.647. The molecule has 19 heavy (non-hydrogen) atoms. The monoisotopic (exact) mass is 258 g/mol. The van der Waals surface area contributed by atoms with Gasteiger partial charge in [-0.3, -0.25) is 0 Å². The number of hydrogen-bond acceptors (Lipinski definition) is 2. The van der Waals surface area contributed by atoms with Gasteiger partial charge in [-0.15, -0.1) is 0 Å². The van der Waals surface area contributed by atoms with Crippen LogP contribution in [0.5, 0.6) is 0 Å². The molecule has 0 spiro atoms. The van der Waals surface area contributed by atoms with E-state index in [1.807, 2.05) is 0 Å². The van der Waals surface area contributed by atoms with E-state index in [0.717, 1.165) is 19.0 Å². The van der Waals surface area contributed by atoms with E-state index in [-0.39, 0.29) is 5.54 Å². The average molecular weight is 258 g/mol. The largest absolute Gasteiger partial charge is 0.364 e. The number of benzene rings is 1. The van der Waals surface area contributed by atoms with Crippen molar-refractivity contribution in [1.29, 1.82) is 0 Å². The lowest BCUT2D eigenvalue weighted by atomic mass is 9.74. The van der Waals surface area contributed by atoms with Crippen molar-refractivity contribution in [1.82, 2.24) is 0 Å². The van der Waals surface area contributed by atoms with Gasteiger partial charge in [-0.2, -0.15) is 0 Å².